The fourth-order valence-electron chi connectivity index (χ4n) is 2.95. The number of hydrazone groups is 2. The molecule has 13 heteroatoms. The van der Waals surface area contributed by atoms with Gasteiger partial charge >= 0.3 is 0 Å². The van der Waals surface area contributed by atoms with Gasteiger partial charge in [0, 0.05) is 24.2 Å². The quantitative estimate of drug-likeness (QED) is 0.366. The van der Waals surface area contributed by atoms with Gasteiger partial charge in [0.2, 0.25) is 17.8 Å². The Kier molecular flexibility index (Phi) is 7.78. The molecule has 1 saturated heterocycles. The van der Waals surface area contributed by atoms with Gasteiger partial charge < -0.3 is 9.64 Å². The van der Waals surface area contributed by atoms with Crippen LogP contribution in [0, 0.1) is 11.6 Å². The van der Waals surface area contributed by atoms with Crippen LogP contribution in [0.1, 0.15) is 11.1 Å². The van der Waals surface area contributed by atoms with Crippen molar-refractivity contribution in [3.8, 4) is 0 Å². The Labute approximate surface area is 203 Å². The number of anilines is 3. The second-order valence-electron chi connectivity index (χ2n) is 6.89. The maximum atomic E-state index is 14.0. The molecule has 2 aromatic carbocycles. The monoisotopic (exact) mass is 506 g/mol. The molecule has 0 unspecified atom stereocenters. The molecule has 1 aromatic heterocycles. The normalized spacial score (nSPS) is 14.2. The average molecular weight is 507 g/mol. The van der Waals surface area contributed by atoms with E-state index in [1.54, 1.807) is 12.1 Å². The van der Waals surface area contributed by atoms with Crippen LogP contribution < -0.4 is 15.8 Å². The molecule has 9 nitrogen and oxygen atoms in total. The van der Waals surface area contributed by atoms with E-state index in [0.29, 0.717) is 32.3 Å². The van der Waals surface area contributed by atoms with Gasteiger partial charge in [0.25, 0.3) is 0 Å². The van der Waals surface area contributed by atoms with Crippen molar-refractivity contribution in [3.63, 3.8) is 0 Å². The van der Waals surface area contributed by atoms with Crippen molar-refractivity contribution in [1.29, 1.82) is 0 Å². The minimum atomic E-state index is -0.522. The van der Waals surface area contributed by atoms with Crippen LogP contribution >= 0.6 is 23.2 Å². The average Bonchev–Trinajstić information content (AvgIpc) is 2.83. The molecule has 0 amide bonds. The van der Waals surface area contributed by atoms with Crippen molar-refractivity contribution in [1.82, 2.24) is 15.0 Å². The number of ether oxygens (including phenoxy) is 1. The lowest BCUT2D eigenvalue weighted by molar-refractivity contribution is 0.122. The van der Waals surface area contributed by atoms with Crippen LogP contribution in [0.2, 0.25) is 10.0 Å². The molecule has 0 atom stereocenters. The lowest BCUT2D eigenvalue weighted by Crippen LogP contribution is -2.37. The molecule has 0 spiro atoms. The van der Waals surface area contributed by atoms with Crippen molar-refractivity contribution in [2.75, 3.05) is 42.1 Å². The van der Waals surface area contributed by atoms with E-state index in [4.69, 9.17) is 27.9 Å². The fraction of sp³-hybridized carbons (Fsp3) is 0.190. The van der Waals surface area contributed by atoms with Crippen LogP contribution in [-0.2, 0) is 4.74 Å². The van der Waals surface area contributed by atoms with Crippen LogP contribution in [0.4, 0.5) is 26.6 Å². The van der Waals surface area contributed by atoms with Crippen molar-refractivity contribution in [2.24, 2.45) is 10.2 Å². The smallest absolute Gasteiger partial charge is 0.250 e. The lowest BCUT2D eigenvalue weighted by Gasteiger charge is -2.26. The van der Waals surface area contributed by atoms with Crippen molar-refractivity contribution in [3.05, 3.63) is 69.2 Å². The third-order valence-corrected chi connectivity index (χ3v) is 5.29. The molecule has 0 aliphatic carbocycles. The number of aromatic nitrogens is 3. The molecule has 0 bridgehead atoms. The first-order valence-corrected chi connectivity index (χ1v) is 10.8. The second kappa shape index (κ2) is 11.1. The van der Waals surface area contributed by atoms with Gasteiger partial charge in [-0.1, -0.05) is 35.3 Å². The Balaban J connectivity index is 1.56. The number of hydrogen-bond donors (Lipinski definition) is 2. The van der Waals surface area contributed by atoms with Crippen LogP contribution in [0.15, 0.2) is 46.6 Å². The number of nitrogens with zero attached hydrogens (tertiary/aromatic N) is 6. The van der Waals surface area contributed by atoms with Gasteiger partial charge in [0.1, 0.15) is 11.6 Å². The Morgan fingerprint density at radius 2 is 1.32 bits per heavy atom. The molecular formula is C21H18Cl2F2N8O. The standard InChI is InChI=1S/C21H18Cl2F2N8O/c22-15-3-1-5-17(24)13(15)11-26-31-19-28-20(30-21(29-19)33-7-9-34-10-8-33)32-27-12-14-16(23)4-2-6-18(14)25/h1-6,11-12H,7-10H2,(H2,28,29,30,31,32)/b26-11+,27-12+. The van der Waals surface area contributed by atoms with E-state index in [0.717, 1.165) is 0 Å². The van der Waals surface area contributed by atoms with Gasteiger partial charge in [-0.3, -0.25) is 0 Å². The highest BCUT2D eigenvalue weighted by Gasteiger charge is 2.16. The molecule has 2 N–H and O–H groups in total. The highest BCUT2D eigenvalue weighted by atomic mass is 35.5. The van der Waals surface area contributed by atoms with Gasteiger partial charge in [-0.25, -0.2) is 19.6 Å². The van der Waals surface area contributed by atoms with Gasteiger partial charge in [-0.2, -0.15) is 25.2 Å². The maximum absolute atomic E-state index is 14.0. The third kappa shape index (κ3) is 5.93. The molecule has 34 heavy (non-hydrogen) atoms. The van der Waals surface area contributed by atoms with E-state index >= 15 is 0 Å². The molecule has 1 fully saturated rings. The van der Waals surface area contributed by atoms with Crippen LogP contribution in [-0.4, -0.2) is 53.7 Å². The third-order valence-electron chi connectivity index (χ3n) is 4.63. The summed E-state index contributed by atoms with van der Waals surface area (Å²) < 4.78 is 33.3. The maximum Gasteiger partial charge on any atom is 0.250 e. The van der Waals surface area contributed by atoms with Crippen LogP contribution in [0.5, 0.6) is 0 Å². The number of halogens is 4. The number of hydrogen-bond acceptors (Lipinski definition) is 9. The summed E-state index contributed by atoms with van der Waals surface area (Å²) in [6, 6.07) is 8.63. The molecule has 2 heterocycles. The van der Waals surface area contributed by atoms with E-state index in [-0.39, 0.29) is 33.1 Å². The topological polar surface area (TPSA) is 99.9 Å². The summed E-state index contributed by atoms with van der Waals surface area (Å²) in [5, 5.41) is 8.38. The number of rotatable bonds is 7. The Morgan fingerprint density at radius 1 is 0.824 bits per heavy atom. The van der Waals surface area contributed by atoms with E-state index in [1.165, 1.54) is 36.7 Å². The first-order chi connectivity index (χ1) is 16.5. The Morgan fingerprint density at radius 3 is 1.79 bits per heavy atom. The number of benzene rings is 2. The predicted molar refractivity (Wildman–Crippen MR) is 128 cm³/mol. The zero-order valence-electron chi connectivity index (χ0n) is 17.6. The summed E-state index contributed by atoms with van der Waals surface area (Å²) in [6.07, 6.45) is 2.45. The Bertz CT molecular complexity index is 1100. The van der Waals surface area contributed by atoms with E-state index in [2.05, 4.69) is 36.0 Å². The molecule has 176 valence electrons. The summed E-state index contributed by atoms with van der Waals surface area (Å²) in [5.74, 6) is -0.553. The molecule has 0 saturated carbocycles. The summed E-state index contributed by atoms with van der Waals surface area (Å²) in [7, 11) is 0. The van der Waals surface area contributed by atoms with Crippen molar-refractivity contribution in [2.45, 2.75) is 0 Å². The first-order valence-electron chi connectivity index (χ1n) is 10.1. The SMILES string of the molecule is Fc1cccc(Cl)c1/C=N/Nc1nc(N/N=C/c2c(F)cccc2Cl)nc(N2CCOCC2)n1. The molecule has 3 aromatic rings. The van der Waals surface area contributed by atoms with Crippen molar-refractivity contribution < 1.29 is 13.5 Å². The minimum Gasteiger partial charge on any atom is -0.378 e. The van der Waals surface area contributed by atoms with E-state index < -0.39 is 11.6 Å². The molecular weight excluding hydrogens is 489 g/mol. The molecule has 1 aliphatic rings. The van der Waals surface area contributed by atoms with E-state index in [9.17, 15) is 8.78 Å². The largest absolute Gasteiger partial charge is 0.378 e. The molecule has 0 radical (unpaired) electrons. The van der Waals surface area contributed by atoms with E-state index in [1.807, 2.05) is 4.90 Å². The van der Waals surface area contributed by atoms with Gasteiger partial charge in [-0.05, 0) is 24.3 Å². The number of morpholine rings is 1. The zero-order valence-corrected chi connectivity index (χ0v) is 19.1. The highest BCUT2D eigenvalue weighted by molar-refractivity contribution is 6.33. The van der Waals surface area contributed by atoms with Crippen LogP contribution in [0.3, 0.4) is 0 Å². The summed E-state index contributed by atoms with van der Waals surface area (Å²) in [5.41, 5.74) is 5.52. The van der Waals surface area contributed by atoms with Gasteiger partial charge in [0.05, 0.1) is 35.7 Å². The fourth-order valence-corrected chi connectivity index (χ4v) is 3.37. The van der Waals surface area contributed by atoms with Gasteiger partial charge in [0.15, 0.2) is 0 Å². The van der Waals surface area contributed by atoms with Gasteiger partial charge in [-0.15, -0.1) is 0 Å². The van der Waals surface area contributed by atoms with Crippen molar-refractivity contribution >= 4 is 53.5 Å². The number of nitrogens with one attached hydrogen (secondary N) is 2. The van der Waals surface area contributed by atoms with Crippen LogP contribution in [0.25, 0.3) is 0 Å². The summed E-state index contributed by atoms with van der Waals surface area (Å²) in [6.45, 7) is 2.19. The second-order valence-corrected chi connectivity index (χ2v) is 7.71. The minimum absolute atomic E-state index is 0.0711. The predicted octanol–water partition coefficient (Wildman–Crippen LogP) is 4.19. The molecule has 1 aliphatic heterocycles. The first kappa shape index (κ1) is 23.7. The zero-order chi connectivity index (χ0) is 23.9. The Hall–Kier alpha value is -3.41. The lowest BCUT2D eigenvalue weighted by atomic mass is 10.2. The summed E-state index contributed by atoms with van der Waals surface area (Å²) >= 11 is 12.0. The summed E-state index contributed by atoms with van der Waals surface area (Å²) in [4.78, 5) is 14.8. The highest BCUT2D eigenvalue weighted by Crippen LogP contribution is 2.19. The molecule has 4 rings (SSSR count).